The third-order valence-electron chi connectivity index (χ3n) is 2.44. The molecule has 0 aromatic heterocycles. The highest BCUT2D eigenvalue weighted by atomic mass is 16.5. The van der Waals surface area contributed by atoms with Gasteiger partial charge in [0.1, 0.15) is 11.3 Å². The van der Waals surface area contributed by atoms with Gasteiger partial charge in [-0.15, -0.1) is 0 Å². The minimum absolute atomic E-state index is 0.0778. The number of amides is 1. The molecule has 1 atom stereocenters. The van der Waals surface area contributed by atoms with Gasteiger partial charge in [-0.25, -0.2) is 4.79 Å². The lowest BCUT2D eigenvalue weighted by molar-refractivity contribution is -0.128. The number of carbonyl (C=O) groups excluding carboxylic acids is 1. The van der Waals surface area contributed by atoms with Crippen LogP contribution in [-0.4, -0.2) is 28.6 Å². The number of aromatic carboxylic acids is 1. The van der Waals surface area contributed by atoms with E-state index in [1.54, 1.807) is 13.0 Å². The van der Waals surface area contributed by atoms with Gasteiger partial charge < -0.3 is 20.9 Å². The fraction of sp³-hybridized carbons (Fsp3) is 0.429. The van der Waals surface area contributed by atoms with E-state index in [-0.39, 0.29) is 28.4 Å². The molecule has 0 saturated heterocycles. The van der Waals surface area contributed by atoms with Gasteiger partial charge in [0, 0.05) is 11.2 Å². The van der Waals surface area contributed by atoms with Gasteiger partial charge in [0.2, 0.25) is 0 Å². The highest BCUT2D eigenvalue weighted by molar-refractivity contribution is 5.97. The molecule has 4 N–H and O–H groups in total. The summed E-state index contributed by atoms with van der Waals surface area (Å²) in [5.41, 5.74) is 5.19. The largest absolute Gasteiger partial charge is 0.480 e. The number of benzene rings is 1. The Morgan fingerprint density at radius 1 is 1.35 bits per heavy atom. The van der Waals surface area contributed by atoms with E-state index in [1.807, 2.05) is 20.8 Å². The molecule has 6 nitrogen and oxygen atoms in total. The molecule has 1 unspecified atom stereocenters. The van der Waals surface area contributed by atoms with E-state index in [2.05, 4.69) is 5.32 Å². The van der Waals surface area contributed by atoms with E-state index in [0.717, 1.165) is 0 Å². The van der Waals surface area contributed by atoms with Crippen LogP contribution in [0, 0.1) is 0 Å². The van der Waals surface area contributed by atoms with Gasteiger partial charge in [-0.2, -0.15) is 0 Å². The molecule has 110 valence electrons. The zero-order valence-electron chi connectivity index (χ0n) is 12.1. The highest BCUT2D eigenvalue weighted by Gasteiger charge is 2.23. The topological polar surface area (TPSA) is 102 Å². The molecular formula is C14H20N2O4. The van der Waals surface area contributed by atoms with Crippen molar-refractivity contribution in [3.8, 4) is 5.75 Å². The van der Waals surface area contributed by atoms with Gasteiger partial charge in [-0.1, -0.05) is 6.07 Å². The first-order chi connectivity index (χ1) is 9.11. The van der Waals surface area contributed by atoms with E-state index >= 15 is 0 Å². The maximum atomic E-state index is 11.9. The Morgan fingerprint density at radius 3 is 2.45 bits per heavy atom. The van der Waals surface area contributed by atoms with Crippen LogP contribution in [0.2, 0.25) is 0 Å². The Morgan fingerprint density at radius 2 is 1.95 bits per heavy atom. The number of nitrogen functional groups attached to an aromatic ring is 1. The second-order valence-corrected chi connectivity index (χ2v) is 5.52. The Kier molecular flexibility index (Phi) is 4.60. The summed E-state index contributed by atoms with van der Waals surface area (Å²) in [6.45, 7) is 7.10. The van der Waals surface area contributed by atoms with E-state index in [9.17, 15) is 9.59 Å². The van der Waals surface area contributed by atoms with E-state index < -0.39 is 12.1 Å². The van der Waals surface area contributed by atoms with Crippen molar-refractivity contribution in [3.05, 3.63) is 23.8 Å². The Bertz CT molecular complexity index is 520. The van der Waals surface area contributed by atoms with Crippen LogP contribution >= 0.6 is 0 Å². The maximum absolute atomic E-state index is 11.9. The molecule has 1 amide bonds. The lowest BCUT2D eigenvalue weighted by Crippen LogP contribution is -2.46. The van der Waals surface area contributed by atoms with Crippen molar-refractivity contribution < 1.29 is 19.4 Å². The number of ether oxygens (including phenoxy) is 1. The average molecular weight is 280 g/mol. The predicted molar refractivity (Wildman–Crippen MR) is 75.8 cm³/mol. The summed E-state index contributed by atoms with van der Waals surface area (Å²) in [5, 5.41) is 11.9. The Balaban J connectivity index is 2.91. The van der Waals surface area contributed by atoms with Crippen molar-refractivity contribution >= 4 is 17.6 Å². The van der Waals surface area contributed by atoms with Crippen LogP contribution in [0.4, 0.5) is 5.69 Å². The third-order valence-corrected chi connectivity index (χ3v) is 2.44. The van der Waals surface area contributed by atoms with Crippen LogP contribution in [-0.2, 0) is 4.79 Å². The number of carboxylic acids is 1. The molecule has 1 aromatic rings. The predicted octanol–water partition coefficient (Wildman–Crippen LogP) is 1.65. The number of nitrogens with one attached hydrogen (secondary N) is 1. The van der Waals surface area contributed by atoms with Crippen molar-refractivity contribution in [2.24, 2.45) is 0 Å². The summed E-state index contributed by atoms with van der Waals surface area (Å²) in [5.74, 6) is -1.44. The highest BCUT2D eigenvalue weighted by Crippen LogP contribution is 2.25. The second-order valence-electron chi connectivity index (χ2n) is 5.52. The smallest absolute Gasteiger partial charge is 0.341 e. The van der Waals surface area contributed by atoms with Gasteiger partial charge in [-0.05, 0) is 39.8 Å². The van der Waals surface area contributed by atoms with E-state index in [1.165, 1.54) is 12.1 Å². The SMILES string of the molecule is CC(Oc1cccc(N)c1C(=O)O)C(=O)NC(C)(C)C. The zero-order valence-corrected chi connectivity index (χ0v) is 12.1. The minimum atomic E-state index is -1.19. The number of rotatable bonds is 4. The van der Waals surface area contributed by atoms with Crippen molar-refractivity contribution in [2.45, 2.75) is 39.3 Å². The Labute approximate surface area is 117 Å². The lowest BCUT2D eigenvalue weighted by atomic mass is 10.1. The zero-order chi connectivity index (χ0) is 15.5. The number of hydrogen-bond donors (Lipinski definition) is 3. The summed E-state index contributed by atoms with van der Waals surface area (Å²) < 4.78 is 5.42. The van der Waals surface area contributed by atoms with Crippen LogP contribution in [0.25, 0.3) is 0 Å². The summed E-state index contributed by atoms with van der Waals surface area (Å²) >= 11 is 0. The Hall–Kier alpha value is -2.24. The third kappa shape index (κ3) is 4.15. The molecular weight excluding hydrogens is 260 g/mol. The van der Waals surface area contributed by atoms with Crippen LogP contribution in [0.5, 0.6) is 5.75 Å². The molecule has 20 heavy (non-hydrogen) atoms. The molecule has 0 spiro atoms. The average Bonchev–Trinajstić information content (AvgIpc) is 2.25. The van der Waals surface area contributed by atoms with E-state index in [0.29, 0.717) is 0 Å². The molecule has 0 aliphatic carbocycles. The number of anilines is 1. The van der Waals surface area contributed by atoms with Crippen LogP contribution in [0.1, 0.15) is 38.1 Å². The van der Waals surface area contributed by atoms with Crippen molar-refractivity contribution in [3.63, 3.8) is 0 Å². The minimum Gasteiger partial charge on any atom is -0.480 e. The number of nitrogens with two attached hydrogens (primary N) is 1. The molecule has 0 radical (unpaired) electrons. The molecule has 1 rings (SSSR count). The number of hydrogen-bond acceptors (Lipinski definition) is 4. The first kappa shape index (κ1) is 15.8. The molecule has 6 heteroatoms. The van der Waals surface area contributed by atoms with Gasteiger partial charge in [0.25, 0.3) is 5.91 Å². The van der Waals surface area contributed by atoms with E-state index in [4.69, 9.17) is 15.6 Å². The van der Waals surface area contributed by atoms with Gasteiger partial charge in [-0.3, -0.25) is 4.79 Å². The molecule has 1 aromatic carbocycles. The summed E-state index contributed by atoms with van der Waals surface area (Å²) in [7, 11) is 0. The first-order valence-electron chi connectivity index (χ1n) is 6.22. The van der Waals surface area contributed by atoms with Gasteiger partial charge in [0.15, 0.2) is 6.10 Å². The maximum Gasteiger partial charge on any atom is 0.341 e. The molecule has 0 heterocycles. The van der Waals surface area contributed by atoms with Crippen LogP contribution in [0.15, 0.2) is 18.2 Å². The van der Waals surface area contributed by atoms with Gasteiger partial charge >= 0.3 is 5.97 Å². The van der Waals surface area contributed by atoms with Crippen molar-refractivity contribution in [1.82, 2.24) is 5.32 Å². The number of carboxylic acid groups (broad SMARTS) is 1. The van der Waals surface area contributed by atoms with Gasteiger partial charge in [0.05, 0.1) is 0 Å². The fourth-order valence-electron chi connectivity index (χ4n) is 1.59. The van der Waals surface area contributed by atoms with Crippen molar-refractivity contribution in [2.75, 3.05) is 5.73 Å². The van der Waals surface area contributed by atoms with Crippen LogP contribution < -0.4 is 15.8 Å². The summed E-state index contributed by atoms with van der Waals surface area (Å²) in [6.07, 6.45) is -0.825. The number of carbonyl (C=O) groups is 2. The summed E-state index contributed by atoms with van der Waals surface area (Å²) in [6, 6.07) is 4.52. The molecule has 0 aliphatic rings. The molecule has 0 bridgehead atoms. The quantitative estimate of drug-likeness (QED) is 0.728. The monoisotopic (exact) mass is 280 g/mol. The standard InChI is InChI=1S/C14H20N2O4/c1-8(12(17)16-14(2,3)4)20-10-7-5-6-9(15)11(10)13(18)19/h5-8H,15H2,1-4H3,(H,16,17)(H,18,19). The second kappa shape index (κ2) is 5.81. The fourth-order valence-corrected chi connectivity index (χ4v) is 1.59. The molecule has 0 fully saturated rings. The molecule has 0 aliphatic heterocycles. The lowest BCUT2D eigenvalue weighted by Gasteiger charge is -2.24. The van der Waals surface area contributed by atoms with Crippen LogP contribution in [0.3, 0.4) is 0 Å². The summed E-state index contributed by atoms with van der Waals surface area (Å²) in [4.78, 5) is 23.1. The normalized spacial score (nSPS) is 12.6. The first-order valence-corrected chi connectivity index (χ1v) is 6.22. The molecule has 0 saturated carbocycles. The van der Waals surface area contributed by atoms with Crippen molar-refractivity contribution in [1.29, 1.82) is 0 Å².